The van der Waals surface area contributed by atoms with Crippen LogP contribution >= 0.6 is 0 Å². The van der Waals surface area contributed by atoms with Gasteiger partial charge in [0.1, 0.15) is 0 Å². The highest BCUT2D eigenvalue weighted by Crippen LogP contribution is 2.21. The quantitative estimate of drug-likeness (QED) is 0.249. The van der Waals surface area contributed by atoms with Gasteiger partial charge < -0.3 is 10.1 Å². The van der Waals surface area contributed by atoms with Crippen molar-refractivity contribution in [3.63, 3.8) is 0 Å². The normalized spacial score (nSPS) is 9.00. The molecule has 0 bridgehead atoms. The number of nitrogens with one attached hydrogen (secondary N) is 1. The molecule has 0 radical (unpaired) electrons. The molecule has 1 aromatic carbocycles. The summed E-state index contributed by atoms with van der Waals surface area (Å²) in [7, 11) is 1.77. The van der Waals surface area contributed by atoms with E-state index in [4.69, 9.17) is 10.6 Å². The second-order valence-electron chi connectivity index (χ2n) is 3.32. The third-order valence-electron chi connectivity index (χ3n) is 2.24. The van der Waals surface area contributed by atoms with Crippen LogP contribution in [-0.4, -0.2) is 18.6 Å². The van der Waals surface area contributed by atoms with E-state index in [1.807, 2.05) is 18.2 Å². The van der Waals surface area contributed by atoms with Crippen molar-refractivity contribution in [1.82, 2.24) is 5.43 Å². The molecule has 0 spiro atoms. The monoisotopic (exact) mass is 240 g/mol. The SMILES string of the molecule is CCc1cccc(N(C)N)c1CO.NNC=O. The van der Waals surface area contributed by atoms with Crippen LogP contribution in [0.2, 0.25) is 0 Å². The van der Waals surface area contributed by atoms with Crippen LogP contribution in [0.5, 0.6) is 0 Å². The predicted octanol–water partition coefficient (Wildman–Crippen LogP) is -0.343. The van der Waals surface area contributed by atoms with Crippen LogP contribution in [0.1, 0.15) is 18.1 Å². The highest BCUT2D eigenvalue weighted by molar-refractivity contribution is 5.55. The van der Waals surface area contributed by atoms with Crippen LogP contribution in [0.4, 0.5) is 5.69 Å². The summed E-state index contributed by atoms with van der Waals surface area (Å²) in [4.78, 5) is 8.94. The molecule has 6 heteroatoms. The third kappa shape index (κ3) is 4.81. The number of hydrogen-bond acceptors (Lipinski definition) is 5. The van der Waals surface area contributed by atoms with Crippen molar-refractivity contribution in [1.29, 1.82) is 0 Å². The zero-order chi connectivity index (χ0) is 13.3. The van der Waals surface area contributed by atoms with Gasteiger partial charge in [0.25, 0.3) is 0 Å². The number of hydrazine groups is 2. The van der Waals surface area contributed by atoms with Crippen LogP contribution in [0.3, 0.4) is 0 Å². The molecular formula is C11H20N4O2. The molecule has 6 nitrogen and oxygen atoms in total. The van der Waals surface area contributed by atoms with Crippen molar-refractivity contribution in [2.75, 3.05) is 12.1 Å². The second kappa shape index (κ2) is 8.51. The van der Waals surface area contributed by atoms with Crippen molar-refractivity contribution in [2.45, 2.75) is 20.0 Å². The largest absolute Gasteiger partial charge is 0.392 e. The lowest BCUT2D eigenvalue weighted by Gasteiger charge is -2.18. The molecule has 1 rings (SSSR count). The maximum atomic E-state index is 9.20. The van der Waals surface area contributed by atoms with Gasteiger partial charge in [0, 0.05) is 12.6 Å². The van der Waals surface area contributed by atoms with E-state index >= 15 is 0 Å². The maximum Gasteiger partial charge on any atom is 0.221 e. The fraction of sp³-hybridized carbons (Fsp3) is 0.364. The number of aliphatic hydroxyl groups excluding tert-OH is 1. The molecule has 1 amide bonds. The minimum Gasteiger partial charge on any atom is -0.392 e. The first-order valence-corrected chi connectivity index (χ1v) is 5.22. The van der Waals surface area contributed by atoms with Gasteiger partial charge in [0.15, 0.2) is 0 Å². The maximum absolute atomic E-state index is 9.20. The summed E-state index contributed by atoms with van der Waals surface area (Å²) >= 11 is 0. The first-order chi connectivity index (χ1) is 8.12. The minimum absolute atomic E-state index is 0.0425. The summed E-state index contributed by atoms with van der Waals surface area (Å²) < 4.78 is 0. The van der Waals surface area contributed by atoms with Crippen LogP contribution in [0, 0.1) is 0 Å². The Hall–Kier alpha value is -1.63. The molecule has 0 unspecified atom stereocenters. The molecule has 0 atom stereocenters. The van der Waals surface area contributed by atoms with E-state index < -0.39 is 0 Å². The minimum atomic E-state index is 0.0425. The first kappa shape index (κ1) is 15.4. The van der Waals surface area contributed by atoms with Gasteiger partial charge in [-0.3, -0.25) is 10.2 Å². The fourth-order valence-corrected chi connectivity index (χ4v) is 1.47. The molecule has 17 heavy (non-hydrogen) atoms. The van der Waals surface area contributed by atoms with E-state index in [9.17, 15) is 5.11 Å². The van der Waals surface area contributed by atoms with E-state index in [0.29, 0.717) is 6.41 Å². The zero-order valence-electron chi connectivity index (χ0n) is 10.2. The molecule has 0 aliphatic carbocycles. The van der Waals surface area contributed by atoms with Gasteiger partial charge in [0.2, 0.25) is 6.41 Å². The summed E-state index contributed by atoms with van der Waals surface area (Å²) in [5, 5.41) is 10.7. The van der Waals surface area contributed by atoms with Gasteiger partial charge in [-0.25, -0.2) is 11.7 Å². The van der Waals surface area contributed by atoms with Crippen LogP contribution < -0.4 is 22.1 Å². The summed E-state index contributed by atoms with van der Waals surface area (Å²) in [5.74, 6) is 10.0. The Kier molecular flexibility index (Phi) is 7.70. The Morgan fingerprint density at radius 1 is 1.53 bits per heavy atom. The average Bonchev–Trinajstić information content (AvgIpc) is 2.37. The number of anilines is 1. The number of nitrogens with two attached hydrogens (primary N) is 2. The molecule has 0 aliphatic rings. The number of aryl methyl sites for hydroxylation is 1. The predicted molar refractivity (Wildman–Crippen MR) is 67.7 cm³/mol. The van der Waals surface area contributed by atoms with Crippen molar-refractivity contribution >= 4 is 12.1 Å². The second-order valence-corrected chi connectivity index (χ2v) is 3.32. The Labute approximate surface area is 101 Å². The Morgan fingerprint density at radius 2 is 2.12 bits per heavy atom. The molecule has 96 valence electrons. The van der Waals surface area contributed by atoms with Gasteiger partial charge in [-0.15, -0.1) is 0 Å². The lowest BCUT2D eigenvalue weighted by molar-refractivity contribution is -0.109. The lowest BCUT2D eigenvalue weighted by Crippen LogP contribution is -2.26. The van der Waals surface area contributed by atoms with Crippen molar-refractivity contribution < 1.29 is 9.90 Å². The van der Waals surface area contributed by atoms with Crippen molar-refractivity contribution in [3.8, 4) is 0 Å². The zero-order valence-corrected chi connectivity index (χ0v) is 10.2. The molecule has 0 saturated heterocycles. The fourth-order valence-electron chi connectivity index (χ4n) is 1.47. The summed E-state index contributed by atoms with van der Waals surface area (Å²) in [6.07, 6.45) is 1.32. The lowest BCUT2D eigenvalue weighted by atomic mass is 10.0. The summed E-state index contributed by atoms with van der Waals surface area (Å²) in [6.45, 7) is 2.11. The Bertz CT molecular complexity index is 342. The van der Waals surface area contributed by atoms with Gasteiger partial charge in [-0.05, 0) is 18.1 Å². The van der Waals surface area contributed by atoms with Crippen LogP contribution in [0.15, 0.2) is 18.2 Å². The van der Waals surface area contributed by atoms with Gasteiger partial charge >= 0.3 is 0 Å². The number of rotatable bonds is 4. The molecule has 0 aliphatic heterocycles. The van der Waals surface area contributed by atoms with Crippen molar-refractivity contribution in [2.24, 2.45) is 11.7 Å². The Morgan fingerprint density at radius 3 is 2.47 bits per heavy atom. The number of carbonyl (C=O) groups excluding carboxylic acids is 1. The molecule has 0 fully saturated rings. The number of carbonyl (C=O) groups is 1. The van der Waals surface area contributed by atoms with Crippen LogP contribution in [0.25, 0.3) is 0 Å². The van der Waals surface area contributed by atoms with Gasteiger partial charge in [0.05, 0.1) is 12.3 Å². The van der Waals surface area contributed by atoms with E-state index in [2.05, 4.69) is 12.8 Å². The smallest absolute Gasteiger partial charge is 0.221 e. The van der Waals surface area contributed by atoms with E-state index in [1.54, 1.807) is 12.5 Å². The third-order valence-corrected chi connectivity index (χ3v) is 2.24. The standard InChI is InChI=1S/C10H16N2O.CH4N2O/c1-3-8-5-4-6-10(12(2)11)9(8)7-13;2-3-1-4/h4-6,13H,3,7,11H2,1-2H3;1H,2H2,(H,3,4). The topological polar surface area (TPSA) is 105 Å². The molecule has 1 aromatic rings. The summed E-state index contributed by atoms with van der Waals surface area (Å²) in [5.41, 5.74) is 4.72. The molecule has 0 aromatic heterocycles. The first-order valence-electron chi connectivity index (χ1n) is 5.22. The number of nitrogens with zero attached hydrogens (tertiary/aromatic N) is 1. The highest BCUT2D eigenvalue weighted by Gasteiger charge is 2.07. The van der Waals surface area contributed by atoms with Gasteiger partial charge in [-0.2, -0.15) is 0 Å². The highest BCUT2D eigenvalue weighted by atomic mass is 16.3. The van der Waals surface area contributed by atoms with E-state index in [1.165, 1.54) is 5.01 Å². The molecule has 0 heterocycles. The number of hydrogen-bond donors (Lipinski definition) is 4. The molecule has 6 N–H and O–H groups in total. The number of aliphatic hydroxyl groups is 1. The van der Waals surface area contributed by atoms with Crippen LogP contribution in [-0.2, 0) is 17.8 Å². The van der Waals surface area contributed by atoms with E-state index in [-0.39, 0.29) is 6.61 Å². The van der Waals surface area contributed by atoms with Gasteiger partial charge in [-0.1, -0.05) is 19.1 Å². The van der Waals surface area contributed by atoms with Crippen molar-refractivity contribution in [3.05, 3.63) is 29.3 Å². The number of benzene rings is 1. The molecule has 0 saturated carbocycles. The molecular weight excluding hydrogens is 220 g/mol. The van der Waals surface area contributed by atoms with E-state index in [0.717, 1.165) is 23.2 Å². The number of amides is 1. The average molecular weight is 240 g/mol. The summed E-state index contributed by atoms with van der Waals surface area (Å²) in [6, 6.07) is 5.87. The Balaban J connectivity index is 0.000000557.